The molecule has 1 unspecified atom stereocenters. The average molecular weight is 408 g/mol. The Labute approximate surface area is 155 Å². The second-order valence-electron chi connectivity index (χ2n) is 5.08. The van der Waals surface area contributed by atoms with E-state index in [1.807, 2.05) is 0 Å². The Bertz CT molecular complexity index is 846. The number of alkyl halides is 3. The van der Waals surface area contributed by atoms with Crippen LogP contribution >= 0.6 is 23.2 Å². The molecule has 138 valence electrons. The standard InChI is InChI=1S/C15H10Cl2F3N3O3/c16-8-5-11(17)13(21-6-8)12(23(25)26)7-22-14(24)9-3-1-2-4-10(9)15(18,19)20/h1-6,12H,7H2,(H,22,24). The number of hydrogen-bond donors (Lipinski definition) is 1. The number of rotatable bonds is 5. The first-order chi connectivity index (χ1) is 12.1. The predicted octanol–water partition coefficient (Wildman–Crippen LogP) is 4.16. The number of nitrogens with one attached hydrogen (secondary N) is 1. The van der Waals surface area contributed by atoms with E-state index in [0.717, 1.165) is 24.4 Å². The van der Waals surface area contributed by atoms with E-state index in [1.165, 1.54) is 12.1 Å². The van der Waals surface area contributed by atoms with E-state index in [1.54, 1.807) is 0 Å². The van der Waals surface area contributed by atoms with Gasteiger partial charge in [-0.2, -0.15) is 13.2 Å². The number of amides is 1. The first-order valence-electron chi connectivity index (χ1n) is 7.00. The van der Waals surface area contributed by atoms with Gasteiger partial charge < -0.3 is 5.32 Å². The highest BCUT2D eigenvalue weighted by Crippen LogP contribution is 2.32. The topological polar surface area (TPSA) is 85.1 Å². The maximum atomic E-state index is 13.0. The molecule has 1 aromatic carbocycles. The zero-order valence-electron chi connectivity index (χ0n) is 12.8. The van der Waals surface area contributed by atoms with Gasteiger partial charge in [-0.1, -0.05) is 35.3 Å². The van der Waals surface area contributed by atoms with Crippen LogP contribution < -0.4 is 5.32 Å². The van der Waals surface area contributed by atoms with Crippen LogP contribution in [0.2, 0.25) is 10.0 Å². The van der Waals surface area contributed by atoms with Crippen LogP contribution in [0.25, 0.3) is 0 Å². The molecule has 2 rings (SSSR count). The minimum Gasteiger partial charge on any atom is -0.345 e. The summed E-state index contributed by atoms with van der Waals surface area (Å²) in [4.78, 5) is 26.4. The van der Waals surface area contributed by atoms with Gasteiger partial charge in [-0.3, -0.25) is 19.9 Å². The first kappa shape index (κ1) is 19.9. The Morgan fingerprint density at radius 1 is 1.31 bits per heavy atom. The van der Waals surface area contributed by atoms with Crippen molar-refractivity contribution in [2.45, 2.75) is 12.2 Å². The minimum absolute atomic E-state index is 0.0934. The molecule has 11 heteroatoms. The smallest absolute Gasteiger partial charge is 0.345 e. The van der Waals surface area contributed by atoms with Crippen LogP contribution in [-0.4, -0.2) is 22.4 Å². The van der Waals surface area contributed by atoms with E-state index in [9.17, 15) is 28.1 Å². The van der Waals surface area contributed by atoms with Crippen molar-refractivity contribution in [3.05, 3.63) is 73.5 Å². The van der Waals surface area contributed by atoms with Crippen LogP contribution in [0, 0.1) is 10.1 Å². The fraction of sp³-hybridized carbons (Fsp3) is 0.200. The number of carbonyl (C=O) groups excluding carboxylic acids is 1. The van der Waals surface area contributed by atoms with Crippen LogP contribution in [0.3, 0.4) is 0 Å². The molecular weight excluding hydrogens is 398 g/mol. The first-order valence-corrected chi connectivity index (χ1v) is 7.75. The van der Waals surface area contributed by atoms with Crippen molar-refractivity contribution in [1.29, 1.82) is 0 Å². The number of nitro groups is 1. The van der Waals surface area contributed by atoms with E-state index in [4.69, 9.17) is 23.2 Å². The summed E-state index contributed by atoms with van der Waals surface area (Å²) in [7, 11) is 0. The maximum Gasteiger partial charge on any atom is 0.417 e. The average Bonchev–Trinajstić information content (AvgIpc) is 2.55. The Hall–Kier alpha value is -2.39. The Balaban J connectivity index is 2.23. The Morgan fingerprint density at radius 2 is 1.96 bits per heavy atom. The number of benzene rings is 1. The van der Waals surface area contributed by atoms with Crippen molar-refractivity contribution >= 4 is 29.1 Å². The molecule has 1 N–H and O–H groups in total. The van der Waals surface area contributed by atoms with Crippen LogP contribution in [0.5, 0.6) is 0 Å². The molecule has 0 aliphatic carbocycles. The second kappa shape index (κ2) is 7.88. The summed E-state index contributed by atoms with van der Waals surface area (Å²) >= 11 is 11.5. The number of pyridine rings is 1. The summed E-state index contributed by atoms with van der Waals surface area (Å²) in [5.74, 6) is -1.10. The van der Waals surface area contributed by atoms with Gasteiger partial charge in [-0.15, -0.1) is 0 Å². The van der Waals surface area contributed by atoms with Crippen molar-refractivity contribution in [3.8, 4) is 0 Å². The van der Waals surface area contributed by atoms with Gasteiger partial charge in [0.05, 0.1) is 27.7 Å². The molecule has 1 atom stereocenters. The van der Waals surface area contributed by atoms with Gasteiger partial charge in [-0.25, -0.2) is 0 Å². The van der Waals surface area contributed by atoms with Crippen molar-refractivity contribution in [3.63, 3.8) is 0 Å². The molecule has 0 saturated carbocycles. The van der Waals surface area contributed by atoms with E-state index in [-0.39, 0.29) is 15.7 Å². The lowest BCUT2D eigenvalue weighted by atomic mass is 10.1. The molecule has 2 aromatic rings. The zero-order chi connectivity index (χ0) is 19.5. The van der Waals surface area contributed by atoms with Crippen molar-refractivity contribution in [2.75, 3.05) is 6.54 Å². The molecule has 0 aliphatic heterocycles. The molecule has 26 heavy (non-hydrogen) atoms. The molecule has 1 amide bonds. The number of carbonyl (C=O) groups is 1. The van der Waals surface area contributed by atoms with Crippen molar-refractivity contribution < 1.29 is 22.9 Å². The van der Waals surface area contributed by atoms with Crippen molar-refractivity contribution in [2.24, 2.45) is 0 Å². The highest BCUT2D eigenvalue weighted by atomic mass is 35.5. The summed E-state index contributed by atoms with van der Waals surface area (Å²) < 4.78 is 38.9. The molecule has 0 radical (unpaired) electrons. The summed E-state index contributed by atoms with van der Waals surface area (Å²) in [6.45, 7) is -0.605. The highest BCUT2D eigenvalue weighted by Gasteiger charge is 2.35. The van der Waals surface area contributed by atoms with Gasteiger partial charge in [-0.05, 0) is 18.2 Å². The summed E-state index contributed by atoms with van der Waals surface area (Å²) in [5, 5.41) is 13.4. The molecule has 0 spiro atoms. The third-order valence-corrected chi connectivity index (χ3v) is 3.85. The molecule has 0 aliphatic rings. The van der Waals surface area contributed by atoms with E-state index in [2.05, 4.69) is 10.3 Å². The summed E-state index contributed by atoms with van der Waals surface area (Å²) in [6, 6.07) is 3.80. The largest absolute Gasteiger partial charge is 0.417 e. The lowest BCUT2D eigenvalue weighted by molar-refractivity contribution is -0.527. The predicted molar refractivity (Wildman–Crippen MR) is 87.8 cm³/mol. The number of aromatic nitrogens is 1. The lowest BCUT2D eigenvalue weighted by Crippen LogP contribution is -2.33. The van der Waals surface area contributed by atoms with Gasteiger partial charge in [0.25, 0.3) is 11.9 Å². The van der Waals surface area contributed by atoms with E-state index < -0.39 is 40.7 Å². The third kappa shape index (κ3) is 4.61. The van der Waals surface area contributed by atoms with E-state index >= 15 is 0 Å². The normalized spacial score (nSPS) is 12.5. The maximum absolute atomic E-state index is 13.0. The molecule has 1 heterocycles. The number of hydrogen-bond acceptors (Lipinski definition) is 4. The van der Waals surface area contributed by atoms with Gasteiger partial charge >= 0.3 is 6.18 Å². The van der Waals surface area contributed by atoms with Crippen LogP contribution in [0.1, 0.15) is 27.7 Å². The molecule has 0 bridgehead atoms. The fourth-order valence-electron chi connectivity index (χ4n) is 2.15. The molecule has 1 aromatic heterocycles. The number of nitrogens with zero attached hydrogens (tertiary/aromatic N) is 2. The summed E-state index contributed by atoms with van der Waals surface area (Å²) in [6.07, 6.45) is -3.60. The minimum atomic E-state index is -4.74. The van der Waals surface area contributed by atoms with Gasteiger partial charge in [0, 0.05) is 11.1 Å². The van der Waals surface area contributed by atoms with E-state index in [0.29, 0.717) is 0 Å². The molecular formula is C15H10Cl2F3N3O3. The molecule has 0 fully saturated rings. The monoisotopic (exact) mass is 407 g/mol. The van der Waals surface area contributed by atoms with Crippen molar-refractivity contribution in [1.82, 2.24) is 10.3 Å². The fourth-order valence-corrected chi connectivity index (χ4v) is 2.66. The summed E-state index contributed by atoms with van der Waals surface area (Å²) in [5.41, 5.74) is -1.94. The van der Waals surface area contributed by atoms with Crippen LogP contribution in [0.4, 0.5) is 13.2 Å². The Kier molecular flexibility index (Phi) is 6.04. The number of halogens is 5. The van der Waals surface area contributed by atoms with Gasteiger partial charge in [0.1, 0.15) is 5.69 Å². The van der Waals surface area contributed by atoms with Crippen LogP contribution in [-0.2, 0) is 6.18 Å². The van der Waals surface area contributed by atoms with Gasteiger partial charge in [0.2, 0.25) is 0 Å². The third-order valence-electron chi connectivity index (χ3n) is 3.34. The molecule has 6 nitrogen and oxygen atoms in total. The lowest BCUT2D eigenvalue weighted by Gasteiger charge is -2.14. The quantitative estimate of drug-likeness (QED) is 0.595. The second-order valence-corrected chi connectivity index (χ2v) is 5.92. The molecule has 0 saturated heterocycles. The zero-order valence-corrected chi connectivity index (χ0v) is 14.3. The van der Waals surface area contributed by atoms with Gasteiger partial charge in [0.15, 0.2) is 0 Å². The Morgan fingerprint density at radius 3 is 2.54 bits per heavy atom. The SMILES string of the molecule is O=C(NCC(c1ncc(Cl)cc1Cl)[N+](=O)[O-])c1ccccc1C(F)(F)F. The highest BCUT2D eigenvalue weighted by molar-refractivity contribution is 6.34. The van der Waals surface area contributed by atoms with Crippen LogP contribution in [0.15, 0.2) is 36.5 Å².